The molecule has 188 valence electrons. The van der Waals surface area contributed by atoms with E-state index in [-0.39, 0.29) is 24.3 Å². The summed E-state index contributed by atoms with van der Waals surface area (Å²) in [6.45, 7) is 2.05. The number of carbonyl (C=O) groups excluding carboxylic acids is 2. The van der Waals surface area contributed by atoms with Crippen molar-refractivity contribution in [3.8, 4) is 5.75 Å². The highest BCUT2D eigenvalue weighted by atomic mass is 35.5. The maximum absolute atomic E-state index is 12.8. The van der Waals surface area contributed by atoms with E-state index in [9.17, 15) is 9.59 Å². The SMILES string of the molecule is COc1ccc([C@@H]2CC(c3ccc(C)cc3)=NN2C2=NC(=O)[C@@H](CC(=O)Nc3ccc(Cl)cc3)S2)cc1. The number of aliphatic imine (C=N–C) groups is 1. The molecule has 2 atom stereocenters. The van der Waals surface area contributed by atoms with Gasteiger partial charge in [-0.2, -0.15) is 10.1 Å². The number of nitrogens with zero attached hydrogens (tertiary/aromatic N) is 3. The van der Waals surface area contributed by atoms with Gasteiger partial charge < -0.3 is 10.1 Å². The van der Waals surface area contributed by atoms with Crippen LogP contribution in [0.15, 0.2) is 82.9 Å². The lowest BCUT2D eigenvalue weighted by atomic mass is 9.98. The lowest BCUT2D eigenvalue weighted by molar-refractivity contribution is -0.121. The van der Waals surface area contributed by atoms with E-state index in [4.69, 9.17) is 21.4 Å². The van der Waals surface area contributed by atoms with Crippen LogP contribution in [0.1, 0.15) is 35.6 Å². The van der Waals surface area contributed by atoms with E-state index < -0.39 is 5.25 Å². The highest BCUT2D eigenvalue weighted by Crippen LogP contribution is 2.39. The zero-order chi connectivity index (χ0) is 25.9. The van der Waals surface area contributed by atoms with Gasteiger partial charge in [0.15, 0.2) is 5.17 Å². The lowest BCUT2D eigenvalue weighted by Crippen LogP contribution is -2.25. The molecule has 0 radical (unpaired) electrons. The molecule has 2 aliphatic rings. The first-order valence-electron chi connectivity index (χ1n) is 11.8. The first-order valence-corrected chi connectivity index (χ1v) is 13.1. The first kappa shape index (κ1) is 25.0. The second-order valence-corrected chi connectivity index (χ2v) is 10.5. The summed E-state index contributed by atoms with van der Waals surface area (Å²) in [5.41, 5.74) is 4.77. The Bertz CT molecular complexity index is 1370. The van der Waals surface area contributed by atoms with Gasteiger partial charge in [0, 0.05) is 23.6 Å². The molecule has 2 amide bonds. The van der Waals surface area contributed by atoms with E-state index in [1.807, 2.05) is 36.2 Å². The molecule has 2 aliphatic heterocycles. The molecule has 0 bridgehead atoms. The quantitative estimate of drug-likeness (QED) is 0.431. The second-order valence-electron chi connectivity index (χ2n) is 8.85. The molecule has 0 unspecified atom stereocenters. The van der Waals surface area contributed by atoms with Gasteiger partial charge in [-0.15, -0.1) is 0 Å². The van der Waals surface area contributed by atoms with Crippen LogP contribution in [0.3, 0.4) is 0 Å². The van der Waals surface area contributed by atoms with Gasteiger partial charge in [0.05, 0.1) is 18.9 Å². The molecule has 0 saturated carbocycles. The average Bonchev–Trinajstić information content (AvgIpc) is 3.50. The van der Waals surface area contributed by atoms with Gasteiger partial charge in [-0.05, 0) is 54.4 Å². The molecule has 1 N–H and O–H groups in total. The van der Waals surface area contributed by atoms with E-state index in [1.165, 1.54) is 17.3 Å². The summed E-state index contributed by atoms with van der Waals surface area (Å²) in [6, 6.07) is 22.8. The van der Waals surface area contributed by atoms with Crippen LogP contribution in [-0.2, 0) is 9.59 Å². The van der Waals surface area contributed by atoms with Gasteiger partial charge in [-0.25, -0.2) is 5.01 Å². The van der Waals surface area contributed by atoms with E-state index in [2.05, 4.69) is 34.6 Å². The molecular formula is C28H25ClN4O3S. The molecular weight excluding hydrogens is 508 g/mol. The van der Waals surface area contributed by atoms with Crippen LogP contribution in [0.2, 0.25) is 5.02 Å². The zero-order valence-electron chi connectivity index (χ0n) is 20.3. The Morgan fingerprint density at radius 3 is 2.46 bits per heavy atom. The number of hydrogen-bond acceptors (Lipinski definition) is 6. The number of hydrazone groups is 1. The van der Waals surface area contributed by atoms with Gasteiger partial charge in [0.1, 0.15) is 11.0 Å². The van der Waals surface area contributed by atoms with Crippen LogP contribution in [0.4, 0.5) is 5.69 Å². The minimum Gasteiger partial charge on any atom is -0.497 e. The van der Waals surface area contributed by atoms with Crippen LogP contribution in [0.25, 0.3) is 0 Å². The van der Waals surface area contributed by atoms with Crippen molar-refractivity contribution in [3.05, 3.63) is 94.5 Å². The third-order valence-corrected chi connectivity index (χ3v) is 7.61. The fourth-order valence-corrected chi connectivity index (χ4v) is 5.40. The van der Waals surface area contributed by atoms with Crippen molar-refractivity contribution in [1.29, 1.82) is 0 Å². The van der Waals surface area contributed by atoms with Gasteiger partial charge >= 0.3 is 0 Å². The molecule has 3 aromatic rings. The Morgan fingerprint density at radius 2 is 1.78 bits per heavy atom. The summed E-state index contributed by atoms with van der Waals surface area (Å²) in [5.74, 6) is 0.169. The molecule has 2 heterocycles. The van der Waals surface area contributed by atoms with Crippen LogP contribution < -0.4 is 10.1 Å². The number of hydrogen-bond donors (Lipinski definition) is 1. The van der Waals surface area contributed by atoms with Crippen LogP contribution in [-0.4, -0.2) is 40.1 Å². The largest absolute Gasteiger partial charge is 0.497 e. The summed E-state index contributed by atoms with van der Waals surface area (Å²) in [4.78, 5) is 29.7. The second kappa shape index (κ2) is 10.8. The highest BCUT2D eigenvalue weighted by molar-refractivity contribution is 8.15. The summed E-state index contributed by atoms with van der Waals surface area (Å²) >= 11 is 7.19. The van der Waals surface area contributed by atoms with E-state index >= 15 is 0 Å². The number of aryl methyl sites for hydroxylation is 1. The Kier molecular flexibility index (Phi) is 7.30. The molecule has 0 spiro atoms. The van der Waals surface area contributed by atoms with Crippen LogP contribution >= 0.6 is 23.4 Å². The molecule has 7 nitrogen and oxygen atoms in total. The van der Waals surface area contributed by atoms with Gasteiger partial charge in [0.25, 0.3) is 5.91 Å². The summed E-state index contributed by atoms with van der Waals surface area (Å²) < 4.78 is 5.31. The summed E-state index contributed by atoms with van der Waals surface area (Å²) in [7, 11) is 1.63. The van der Waals surface area contributed by atoms with Crippen molar-refractivity contribution in [2.45, 2.75) is 31.1 Å². The molecule has 0 saturated heterocycles. The number of amidine groups is 1. The molecule has 0 aliphatic carbocycles. The van der Waals surface area contributed by atoms with Crippen molar-refractivity contribution in [2.75, 3.05) is 12.4 Å². The first-order chi connectivity index (χ1) is 17.9. The number of benzene rings is 3. The van der Waals surface area contributed by atoms with Gasteiger partial charge in [-0.1, -0.05) is 65.3 Å². The predicted molar refractivity (Wildman–Crippen MR) is 148 cm³/mol. The Balaban J connectivity index is 1.35. The Hall–Kier alpha value is -3.62. The van der Waals surface area contributed by atoms with Crippen LogP contribution in [0.5, 0.6) is 5.75 Å². The van der Waals surface area contributed by atoms with Crippen molar-refractivity contribution in [3.63, 3.8) is 0 Å². The zero-order valence-corrected chi connectivity index (χ0v) is 21.9. The number of thioether (sulfide) groups is 1. The molecule has 5 rings (SSSR count). The molecule has 0 fully saturated rings. The molecule has 37 heavy (non-hydrogen) atoms. The van der Waals surface area contributed by atoms with Crippen molar-refractivity contribution < 1.29 is 14.3 Å². The lowest BCUT2D eigenvalue weighted by Gasteiger charge is -2.23. The third kappa shape index (κ3) is 5.70. The number of methoxy groups -OCH3 is 1. The fourth-order valence-electron chi connectivity index (χ4n) is 4.21. The van der Waals surface area contributed by atoms with E-state index in [0.717, 1.165) is 22.6 Å². The number of rotatable bonds is 6. The van der Waals surface area contributed by atoms with E-state index in [1.54, 1.807) is 31.4 Å². The summed E-state index contributed by atoms with van der Waals surface area (Å²) in [5, 5.41) is 9.99. The van der Waals surface area contributed by atoms with Crippen molar-refractivity contribution >= 4 is 51.7 Å². The monoisotopic (exact) mass is 532 g/mol. The van der Waals surface area contributed by atoms with Gasteiger partial charge in [-0.3, -0.25) is 9.59 Å². The Morgan fingerprint density at radius 1 is 1.08 bits per heavy atom. The number of halogens is 1. The van der Waals surface area contributed by atoms with Crippen LogP contribution in [0, 0.1) is 6.92 Å². The predicted octanol–water partition coefficient (Wildman–Crippen LogP) is 5.83. The minimum absolute atomic E-state index is 0.00863. The van der Waals surface area contributed by atoms with Gasteiger partial charge in [0.2, 0.25) is 5.91 Å². The number of amides is 2. The van der Waals surface area contributed by atoms with Crippen molar-refractivity contribution in [1.82, 2.24) is 5.01 Å². The third-order valence-electron chi connectivity index (χ3n) is 6.22. The topological polar surface area (TPSA) is 83.4 Å². The van der Waals surface area contributed by atoms with E-state index in [0.29, 0.717) is 22.3 Å². The maximum atomic E-state index is 12.8. The number of carbonyl (C=O) groups is 2. The molecule has 9 heteroatoms. The summed E-state index contributed by atoms with van der Waals surface area (Å²) in [6.07, 6.45) is 0.666. The number of anilines is 1. The molecule has 3 aromatic carbocycles. The van der Waals surface area contributed by atoms with Crippen molar-refractivity contribution in [2.24, 2.45) is 10.1 Å². The maximum Gasteiger partial charge on any atom is 0.262 e. The number of nitrogens with one attached hydrogen (secondary N) is 1. The average molecular weight is 533 g/mol. The highest BCUT2D eigenvalue weighted by Gasteiger charge is 2.39. The Labute approximate surface area is 224 Å². The molecule has 0 aromatic heterocycles. The number of ether oxygens (including phenoxy) is 1. The standard InChI is InChI=1S/C28H25ClN4O3S/c1-17-3-5-18(6-4-17)23-15-24(19-7-13-22(36-2)14-8-19)33(32-23)28-31-27(35)25(37-28)16-26(34)30-21-11-9-20(29)10-12-21/h3-14,24-25H,15-16H2,1-2H3,(H,30,34)/t24-,25+/m0/s1. The normalized spacial score (nSPS) is 19.0. The minimum atomic E-state index is -0.613. The smallest absolute Gasteiger partial charge is 0.262 e. The fraction of sp³-hybridized carbons (Fsp3) is 0.214.